The number of nitrogens with zero attached hydrogens (tertiary/aromatic N) is 4. The van der Waals surface area contributed by atoms with Crippen molar-refractivity contribution in [2.45, 2.75) is 25.6 Å². The van der Waals surface area contributed by atoms with Crippen LogP contribution in [-0.4, -0.2) is 41.3 Å². The van der Waals surface area contributed by atoms with Crippen LogP contribution in [0.2, 0.25) is 0 Å². The lowest BCUT2D eigenvalue weighted by Gasteiger charge is -2.39. The zero-order valence-corrected chi connectivity index (χ0v) is 14.7. The molecule has 0 spiro atoms. The van der Waals surface area contributed by atoms with Crippen LogP contribution in [0.25, 0.3) is 0 Å². The molecule has 0 bridgehead atoms. The lowest BCUT2D eigenvalue weighted by molar-refractivity contribution is -0.138. The lowest BCUT2D eigenvalue weighted by atomic mass is 10.0. The molecular formula is C16H17F5N4S. The molecule has 4 nitrogen and oxygen atoms in total. The fourth-order valence-electron chi connectivity index (χ4n) is 3.13. The van der Waals surface area contributed by atoms with E-state index in [9.17, 15) is 22.0 Å². The maximum Gasteiger partial charge on any atom is 0.445 e. The molecule has 142 valence electrons. The van der Waals surface area contributed by atoms with Crippen molar-refractivity contribution < 1.29 is 22.0 Å². The number of halogens is 5. The van der Waals surface area contributed by atoms with Crippen LogP contribution in [0, 0.1) is 11.6 Å². The van der Waals surface area contributed by atoms with Gasteiger partial charge in [0.15, 0.2) is 0 Å². The van der Waals surface area contributed by atoms with Crippen LogP contribution in [0.3, 0.4) is 0 Å². The first-order chi connectivity index (χ1) is 12.3. The van der Waals surface area contributed by atoms with E-state index in [1.165, 1.54) is 12.1 Å². The number of hydrogen-bond donors (Lipinski definition) is 0. The Balaban J connectivity index is 1.68. The highest BCUT2D eigenvalue weighted by atomic mass is 32.1. The number of alkyl halides is 3. The van der Waals surface area contributed by atoms with E-state index in [2.05, 4.69) is 15.1 Å². The average Bonchev–Trinajstić information content (AvgIpc) is 3.08. The van der Waals surface area contributed by atoms with Gasteiger partial charge in [0.2, 0.25) is 10.1 Å². The normalized spacial score (nSPS) is 17.5. The molecule has 1 unspecified atom stereocenters. The van der Waals surface area contributed by atoms with Gasteiger partial charge in [-0.1, -0.05) is 24.3 Å². The summed E-state index contributed by atoms with van der Waals surface area (Å²) >= 11 is 0.521. The highest BCUT2D eigenvalue weighted by Gasteiger charge is 2.36. The first kappa shape index (κ1) is 19.0. The van der Waals surface area contributed by atoms with Gasteiger partial charge in [0.1, 0.15) is 11.6 Å². The SMILES string of the molecule is CCC(c1ccc(F)cc1F)N1CCN(c2nnc(C(F)(F)F)s2)CC1. The second kappa shape index (κ2) is 7.43. The maximum atomic E-state index is 14.1. The third kappa shape index (κ3) is 3.96. The van der Waals surface area contributed by atoms with Crippen molar-refractivity contribution in [1.82, 2.24) is 15.1 Å². The molecule has 1 fully saturated rings. The van der Waals surface area contributed by atoms with Gasteiger partial charge < -0.3 is 4.90 Å². The van der Waals surface area contributed by atoms with E-state index in [-0.39, 0.29) is 11.2 Å². The predicted octanol–water partition coefficient (Wildman–Crippen LogP) is 4.11. The quantitative estimate of drug-likeness (QED) is 0.733. The second-order valence-corrected chi connectivity index (χ2v) is 6.96. The van der Waals surface area contributed by atoms with E-state index < -0.39 is 22.8 Å². The van der Waals surface area contributed by atoms with Crippen LogP contribution in [0.4, 0.5) is 27.1 Å². The summed E-state index contributed by atoms with van der Waals surface area (Å²) in [5.74, 6) is -1.21. The minimum Gasteiger partial charge on any atom is -0.344 e. The number of piperazine rings is 1. The summed E-state index contributed by atoms with van der Waals surface area (Å²) in [7, 11) is 0. The first-order valence-corrected chi connectivity index (χ1v) is 8.96. The van der Waals surface area contributed by atoms with Gasteiger partial charge in [-0.05, 0) is 12.5 Å². The lowest BCUT2D eigenvalue weighted by Crippen LogP contribution is -2.47. The largest absolute Gasteiger partial charge is 0.445 e. The Labute approximate surface area is 151 Å². The molecule has 0 radical (unpaired) electrons. The van der Waals surface area contributed by atoms with Crippen LogP contribution >= 0.6 is 11.3 Å². The highest BCUT2D eigenvalue weighted by Crippen LogP contribution is 2.35. The smallest absolute Gasteiger partial charge is 0.344 e. The van der Waals surface area contributed by atoms with E-state index in [1.807, 2.05) is 6.92 Å². The number of benzene rings is 1. The fourth-order valence-corrected chi connectivity index (χ4v) is 3.89. The Morgan fingerprint density at radius 3 is 2.35 bits per heavy atom. The first-order valence-electron chi connectivity index (χ1n) is 8.14. The topological polar surface area (TPSA) is 32.3 Å². The van der Waals surface area contributed by atoms with Crippen molar-refractivity contribution in [2.75, 3.05) is 31.1 Å². The number of anilines is 1. The fraction of sp³-hybridized carbons (Fsp3) is 0.500. The van der Waals surface area contributed by atoms with Crippen molar-refractivity contribution in [3.05, 3.63) is 40.4 Å². The van der Waals surface area contributed by atoms with Crippen LogP contribution in [-0.2, 0) is 6.18 Å². The molecule has 1 atom stereocenters. The van der Waals surface area contributed by atoms with E-state index in [4.69, 9.17) is 0 Å². The minimum atomic E-state index is -4.49. The van der Waals surface area contributed by atoms with Gasteiger partial charge in [-0.2, -0.15) is 13.2 Å². The summed E-state index contributed by atoms with van der Waals surface area (Å²) in [5.41, 5.74) is 0.428. The third-order valence-corrected chi connectivity index (χ3v) is 5.42. The van der Waals surface area contributed by atoms with Crippen molar-refractivity contribution in [3.63, 3.8) is 0 Å². The van der Waals surface area contributed by atoms with Gasteiger partial charge in [-0.15, -0.1) is 10.2 Å². The molecule has 0 amide bonds. The molecule has 0 N–H and O–H groups in total. The molecule has 3 rings (SSSR count). The maximum absolute atomic E-state index is 14.1. The van der Waals surface area contributed by atoms with E-state index in [1.54, 1.807) is 4.90 Å². The molecule has 0 aliphatic carbocycles. The summed E-state index contributed by atoms with van der Waals surface area (Å²) in [5, 5.41) is 6.11. The molecule has 2 aromatic rings. The third-order valence-electron chi connectivity index (χ3n) is 4.39. The molecule has 1 saturated heterocycles. The Morgan fingerprint density at radius 2 is 1.81 bits per heavy atom. The number of rotatable bonds is 4. The predicted molar refractivity (Wildman–Crippen MR) is 88.1 cm³/mol. The standard InChI is InChI=1S/C16H17F5N4S/c1-2-13(11-4-3-10(17)9-12(11)18)24-5-7-25(8-6-24)15-23-22-14(26-15)16(19,20)21/h3-4,9,13H,2,5-8H2,1H3. The van der Waals surface area contributed by atoms with Gasteiger partial charge in [0.05, 0.1) is 0 Å². The summed E-state index contributed by atoms with van der Waals surface area (Å²) in [6, 6.07) is 3.34. The minimum absolute atomic E-state index is 0.210. The van der Waals surface area contributed by atoms with Crippen LogP contribution < -0.4 is 4.90 Å². The summed E-state index contributed by atoms with van der Waals surface area (Å²) in [6.07, 6.45) is -3.86. The van der Waals surface area contributed by atoms with Crippen LogP contribution in [0.15, 0.2) is 18.2 Å². The monoisotopic (exact) mass is 392 g/mol. The summed E-state index contributed by atoms with van der Waals surface area (Å²) in [4.78, 5) is 3.80. The zero-order chi connectivity index (χ0) is 18.9. The molecule has 1 aliphatic heterocycles. The Kier molecular flexibility index (Phi) is 5.42. The van der Waals surface area contributed by atoms with Gasteiger partial charge in [0.25, 0.3) is 0 Å². The number of hydrogen-bond acceptors (Lipinski definition) is 5. The van der Waals surface area contributed by atoms with E-state index in [0.29, 0.717) is 49.5 Å². The van der Waals surface area contributed by atoms with Gasteiger partial charge in [-0.25, -0.2) is 8.78 Å². The molecule has 1 aromatic heterocycles. The molecule has 2 heterocycles. The Hall–Kier alpha value is -1.81. The van der Waals surface area contributed by atoms with Crippen molar-refractivity contribution in [2.24, 2.45) is 0 Å². The Bertz CT molecular complexity index is 755. The molecule has 10 heteroatoms. The molecule has 1 aliphatic rings. The second-order valence-electron chi connectivity index (χ2n) is 6.00. The molecule has 1 aromatic carbocycles. The highest BCUT2D eigenvalue weighted by molar-refractivity contribution is 7.15. The van der Waals surface area contributed by atoms with Crippen LogP contribution in [0.5, 0.6) is 0 Å². The van der Waals surface area contributed by atoms with Crippen LogP contribution in [0.1, 0.15) is 30.0 Å². The number of aromatic nitrogens is 2. The molecule has 26 heavy (non-hydrogen) atoms. The van der Waals surface area contributed by atoms with Crippen molar-refractivity contribution in [3.8, 4) is 0 Å². The van der Waals surface area contributed by atoms with Crippen molar-refractivity contribution in [1.29, 1.82) is 0 Å². The van der Waals surface area contributed by atoms with Gasteiger partial charge in [0, 0.05) is 43.9 Å². The molecule has 0 saturated carbocycles. The summed E-state index contributed by atoms with van der Waals surface area (Å²) in [6.45, 7) is 3.92. The van der Waals surface area contributed by atoms with Gasteiger partial charge >= 0.3 is 6.18 Å². The average molecular weight is 392 g/mol. The van der Waals surface area contributed by atoms with Crippen molar-refractivity contribution >= 4 is 16.5 Å². The van der Waals surface area contributed by atoms with E-state index in [0.717, 1.165) is 6.07 Å². The zero-order valence-electron chi connectivity index (χ0n) is 13.9. The van der Waals surface area contributed by atoms with Gasteiger partial charge in [-0.3, -0.25) is 4.90 Å². The van der Waals surface area contributed by atoms with E-state index >= 15 is 0 Å². The molecular weight excluding hydrogens is 375 g/mol. The summed E-state index contributed by atoms with van der Waals surface area (Å²) < 4.78 is 65.2. The Morgan fingerprint density at radius 1 is 1.12 bits per heavy atom.